The number of carbonyl (C=O) groups is 4. The Balaban J connectivity index is 1.17. The van der Waals surface area contributed by atoms with Gasteiger partial charge >= 0.3 is 36.3 Å². The van der Waals surface area contributed by atoms with E-state index in [1.807, 2.05) is 0 Å². The van der Waals surface area contributed by atoms with Gasteiger partial charge in [0.05, 0.1) is 5.54 Å². The van der Waals surface area contributed by atoms with E-state index in [2.05, 4.69) is 46.3 Å². The normalized spacial score (nSPS) is 13.8. The van der Waals surface area contributed by atoms with Gasteiger partial charge in [0.2, 0.25) is 11.9 Å². The molecule has 0 radical (unpaired) electrons. The summed E-state index contributed by atoms with van der Waals surface area (Å²) in [6.07, 6.45) is -8.69. The zero-order valence-corrected chi connectivity index (χ0v) is 29.2. The summed E-state index contributed by atoms with van der Waals surface area (Å²) >= 11 is 6.00. The van der Waals surface area contributed by atoms with Gasteiger partial charge in [-0.1, -0.05) is 29.8 Å². The van der Waals surface area contributed by atoms with Crippen molar-refractivity contribution in [1.82, 2.24) is 25.6 Å². The molecule has 296 valence electrons. The predicted molar refractivity (Wildman–Crippen MR) is 185 cm³/mol. The third-order valence-corrected chi connectivity index (χ3v) is 7.99. The van der Waals surface area contributed by atoms with Gasteiger partial charge in [0.15, 0.2) is 6.61 Å². The molecule has 3 amide bonds. The van der Waals surface area contributed by atoms with Gasteiger partial charge in [0.25, 0.3) is 5.91 Å². The van der Waals surface area contributed by atoms with Crippen molar-refractivity contribution in [2.75, 3.05) is 29.1 Å². The van der Waals surface area contributed by atoms with Crippen LogP contribution in [-0.2, 0) is 19.9 Å². The second kappa shape index (κ2) is 17.0. The van der Waals surface area contributed by atoms with E-state index in [1.165, 1.54) is 30.3 Å². The number of amides is 3. The molecule has 1 fully saturated rings. The van der Waals surface area contributed by atoms with Gasteiger partial charge in [0.1, 0.15) is 11.8 Å². The maximum Gasteiger partial charge on any atom is 0.573 e. The van der Waals surface area contributed by atoms with Gasteiger partial charge in [-0.15, -0.1) is 13.2 Å². The summed E-state index contributed by atoms with van der Waals surface area (Å²) in [5, 5.41) is 22.6. The Hall–Kier alpha value is -6.38. The summed E-state index contributed by atoms with van der Waals surface area (Å²) in [6, 6.07) is 14.4. The molecule has 4 aromatic rings. The molecule has 1 aliphatic rings. The van der Waals surface area contributed by atoms with Crippen LogP contribution in [0.1, 0.15) is 35.2 Å². The highest BCUT2D eigenvalue weighted by atomic mass is 35.5. The maximum atomic E-state index is 12.9. The molecule has 3 aromatic carbocycles. The van der Waals surface area contributed by atoms with Gasteiger partial charge in [-0.3, -0.25) is 14.4 Å². The van der Waals surface area contributed by atoms with Gasteiger partial charge in [-0.05, 0) is 73.4 Å². The van der Waals surface area contributed by atoms with Crippen LogP contribution in [0.3, 0.4) is 0 Å². The second-order valence-corrected chi connectivity index (χ2v) is 12.5. The lowest BCUT2D eigenvalue weighted by atomic mass is 10.1. The molecule has 1 heterocycles. The molecular formula is C34H29ClF6N8O7. The summed E-state index contributed by atoms with van der Waals surface area (Å²) in [6.45, 7) is -2.06. The highest BCUT2D eigenvalue weighted by molar-refractivity contribution is 6.39. The zero-order valence-electron chi connectivity index (χ0n) is 28.4. The Morgan fingerprint density at radius 2 is 1.54 bits per heavy atom. The molecule has 1 saturated carbocycles. The van der Waals surface area contributed by atoms with Crippen molar-refractivity contribution in [3.8, 4) is 11.8 Å². The Kier molecular flexibility index (Phi) is 12.4. The minimum absolute atomic E-state index is 0.00668. The molecule has 1 aliphatic carbocycles. The largest absolute Gasteiger partial charge is 0.573 e. The van der Waals surface area contributed by atoms with E-state index in [0.717, 1.165) is 23.8 Å². The van der Waals surface area contributed by atoms with E-state index in [9.17, 15) is 50.6 Å². The van der Waals surface area contributed by atoms with Crippen molar-refractivity contribution in [1.29, 1.82) is 0 Å². The lowest BCUT2D eigenvalue weighted by Crippen LogP contribution is -2.44. The molecule has 1 aromatic heterocycles. The number of nitrogens with zero attached hydrogens (tertiary/aromatic N) is 3. The van der Waals surface area contributed by atoms with Crippen LogP contribution in [-0.4, -0.2) is 75.5 Å². The standard InChI is InChI=1S/C34H29ClF6N8O7/c35-20-8-6-19(7-9-20)32(13-14-32)49-30-46-29(47-31(48-30)55-17-33(36,37)38)44-21-10-4-18(5-11-21)25(50)45-24(28(53)54)12-15-42-26(51)27(52)43-22-2-1-3-23(16-22)56-34(39,40)41/h1-11,16,24H,12-15,17H2,(H,42,51)(H,43,52)(H,45,50)(H,53,54)(H2,44,46,47,48,49)/t24-/m0/s1. The number of benzene rings is 3. The Bertz CT molecular complexity index is 2070. The number of hydrogen-bond acceptors (Lipinski definition) is 11. The number of nitrogens with one attached hydrogen (secondary N) is 5. The Morgan fingerprint density at radius 1 is 0.857 bits per heavy atom. The monoisotopic (exact) mass is 810 g/mol. The van der Waals surface area contributed by atoms with Crippen LogP contribution in [0.4, 0.5) is 49.6 Å². The highest BCUT2D eigenvalue weighted by Crippen LogP contribution is 2.48. The number of anilines is 4. The van der Waals surface area contributed by atoms with Gasteiger partial charge in [-0.25, -0.2) is 4.79 Å². The number of ether oxygens (including phenoxy) is 2. The number of rotatable bonds is 15. The number of aliphatic carboxylic acids is 1. The average Bonchev–Trinajstić information content (AvgIpc) is 3.90. The van der Waals surface area contributed by atoms with Crippen LogP contribution >= 0.6 is 11.6 Å². The molecule has 0 aliphatic heterocycles. The first-order valence-corrected chi connectivity index (χ1v) is 16.6. The minimum atomic E-state index is -4.98. The van der Waals surface area contributed by atoms with Crippen molar-refractivity contribution < 1.29 is 60.1 Å². The number of carboxylic acids is 1. The molecule has 0 saturated heterocycles. The number of halogens is 7. The third-order valence-electron chi connectivity index (χ3n) is 7.73. The van der Waals surface area contributed by atoms with Crippen molar-refractivity contribution in [2.24, 2.45) is 0 Å². The first-order valence-electron chi connectivity index (χ1n) is 16.2. The molecule has 0 unspecified atom stereocenters. The fraction of sp³-hybridized carbons (Fsp3) is 0.265. The number of aromatic nitrogens is 3. The van der Waals surface area contributed by atoms with Crippen molar-refractivity contribution in [3.63, 3.8) is 0 Å². The van der Waals surface area contributed by atoms with Crippen LogP contribution in [0.15, 0.2) is 72.8 Å². The van der Waals surface area contributed by atoms with Crippen molar-refractivity contribution in [3.05, 3.63) is 88.9 Å². The van der Waals surface area contributed by atoms with E-state index in [4.69, 9.17) is 16.3 Å². The number of hydrogen-bond donors (Lipinski definition) is 6. The average molecular weight is 811 g/mol. The molecule has 0 spiro atoms. The quantitative estimate of drug-likeness (QED) is 0.0647. The fourth-order valence-electron chi connectivity index (χ4n) is 4.98. The molecular weight excluding hydrogens is 782 g/mol. The number of alkyl halides is 6. The van der Waals surface area contributed by atoms with E-state index >= 15 is 0 Å². The van der Waals surface area contributed by atoms with Crippen molar-refractivity contribution >= 4 is 58.6 Å². The summed E-state index contributed by atoms with van der Waals surface area (Å²) in [7, 11) is 0. The lowest BCUT2D eigenvalue weighted by Gasteiger charge is -2.19. The van der Waals surface area contributed by atoms with E-state index in [0.29, 0.717) is 17.9 Å². The van der Waals surface area contributed by atoms with Crippen LogP contribution in [0, 0.1) is 0 Å². The topological polar surface area (TPSA) is 206 Å². The Labute approximate surface area is 317 Å². The van der Waals surface area contributed by atoms with Crippen LogP contribution in [0.2, 0.25) is 5.02 Å². The number of carbonyl (C=O) groups excluding carboxylic acids is 3. The molecule has 0 bridgehead atoms. The van der Waals surface area contributed by atoms with Gasteiger partial charge in [-0.2, -0.15) is 28.1 Å². The SMILES string of the molecule is O=C(NCC[C@H](NC(=O)c1ccc(Nc2nc(NC3(c4ccc(Cl)cc4)CC3)nc(OCC(F)(F)F)n2)cc1)C(=O)O)C(=O)Nc1cccc(OC(F)(F)F)c1. The molecule has 5 rings (SSSR count). The minimum Gasteiger partial charge on any atom is -0.480 e. The summed E-state index contributed by atoms with van der Waals surface area (Å²) < 4.78 is 84.7. The molecule has 22 heteroatoms. The van der Waals surface area contributed by atoms with Crippen LogP contribution < -0.4 is 36.1 Å². The molecule has 15 nitrogen and oxygen atoms in total. The number of carboxylic acid groups (broad SMARTS) is 1. The first-order chi connectivity index (χ1) is 26.4. The van der Waals surface area contributed by atoms with Crippen LogP contribution in [0.25, 0.3) is 0 Å². The second-order valence-electron chi connectivity index (χ2n) is 12.0. The van der Waals surface area contributed by atoms with E-state index in [1.54, 1.807) is 24.3 Å². The molecule has 56 heavy (non-hydrogen) atoms. The first kappa shape index (κ1) is 40.8. The predicted octanol–water partition coefficient (Wildman–Crippen LogP) is 5.54. The van der Waals surface area contributed by atoms with Crippen molar-refractivity contribution in [2.45, 2.75) is 43.4 Å². The summed E-state index contributed by atoms with van der Waals surface area (Å²) in [4.78, 5) is 61.3. The lowest BCUT2D eigenvalue weighted by molar-refractivity contribution is -0.274. The summed E-state index contributed by atoms with van der Waals surface area (Å²) in [5.74, 6) is -5.73. The zero-order chi connectivity index (χ0) is 40.7. The Morgan fingerprint density at radius 3 is 2.16 bits per heavy atom. The fourth-order valence-corrected chi connectivity index (χ4v) is 5.10. The van der Waals surface area contributed by atoms with E-state index < -0.39 is 72.7 Å². The third kappa shape index (κ3) is 12.1. The van der Waals surface area contributed by atoms with Gasteiger partial charge in [0, 0.05) is 34.6 Å². The maximum absolute atomic E-state index is 12.9. The highest BCUT2D eigenvalue weighted by Gasteiger charge is 2.45. The molecule has 6 N–H and O–H groups in total. The van der Waals surface area contributed by atoms with E-state index in [-0.39, 0.29) is 35.3 Å². The van der Waals surface area contributed by atoms with Gasteiger partial charge < -0.3 is 41.2 Å². The van der Waals surface area contributed by atoms with Crippen LogP contribution in [0.5, 0.6) is 11.8 Å². The summed E-state index contributed by atoms with van der Waals surface area (Å²) in [5.41, 5.74) is 0.340. The smallest absolute Gasteiger partial charge is 0.480 e. The molecule has 1 atom stereocenters.